The Kier molecular flexibility index (Phi) is 7.38. The zero-order chi connectivity index (χ0) is 24.0. The van der Waals surface area contributed by atoms with Gasteiger partial charge in [0.15, 0.2) is 0 Å². The summed E-state index contributed by atoms with van der Waals surface area (Å²) in [7, 11) is -2.26. The van der Waals surface area contributed by atoms with Crippen molar-refractivity contribution in [2.24, 2.45) is 0 Å². The first-order chi connectivity index (χ1) is 17.2. The number of nitrogens with one attached hydrogen (secondary N) is 1. The SMILES string of the molecule is O=S(=O)=C(Cc1ccc(C2CCNCC2OCc2ccc3ccccc3c2)cc1)c1ccccc1. The first-order valence-corrected chi connectivity index (χ1v) is 13.1. The molecule has 35 heavy (non-hydrogen) atoms. The number of hydrogen-bond acceptors (Lipinski definition) is 4. The minimum atomic E-state index is -2.26. The number of fused-ring (bicyclic) bond motifs is 1. The van der Waals surface area contributed by atoms with Crippen LogP contribution >= 0.6 is 0 Å². The van der Waals surface area contributed by atoms with Crippen molar-refractivity contribution in [2.45, 2.75) is 31.5 Å². The molecule has 4 aromatic rings. The lowest BCUT2D eigenvalue weighted by atomic mass is 9.87. The molecule has 1 fully saturated rings. The average Bonchev–Trinajstić information content (AvgIpc) is 2.91. The summed E-state index contributed by atoms with van der Waals surface area (Å²) in [5.41, 5.74) is 4.14. The van der Waals surface area contributed by atoms with E-state index in [0.29, 0.717) is 23.8 Å². The molecule has 4 aromatic carbocycles. The Labute approximate surface area is 208 Å². The molecule has 5 rings (SSSR count). The lowest BCUT2D eigenvalue weighted by Crippen LogP contribution is -2.40. The standard InChI is InChI=1S/C30H29NO3S/c32-35(33)30(26-7-2-1-3-8-26)19-22-10-14-25(15-11-22)28-16-17-31-20-29(28)34-21-23-12-13-24-6-4-5-9-27(24)18-23/h1-15,18,28-29,31H,16-17,19-21H2. The highest BCUT2D eigenvalue weighted by Gasteiger charge is 2.27. The van der Waals surface area contributed by atoms with Crippen molar-refractivity contribution in [1.82, 2.24) is 5.32 Å². The van der Waals surface area contributed by atoms with Crippen molar-refractivity contribution in [3.63, 3.8) is 0 Å². The third-order valence-corrected chi connectivity index (χ3v) is 7.56. The molecular weight excluding hydrogens is 454 g/mol. The van der Waals surface area contributed by atoms with Gasteiger partial charge >= 0.3 is 0 Å². The molecule has 5 heteroatoms. The Morgan fingerprint density at radius 1 is 0.829 bits per heavy atom. The van der Waals surface area contributed by atoms with Gasteiger partial charge in [-0.1, -0.05) is 91.0 Å². The lowest BCUT2D eigenvalue weighted by Gasteiger charge is -2.32. The Morgan fingerprint density at radius 3 is 2.31 bits per heavy atom. The molecule has 1 aliphatic heterocycles. The van der Waals surface area contributed by atoms with E-state index in [2.05, 4.69) is 59.9 Å². The van der Waals surface area contributed by atoms with E-state index in [-0.39, 0.29) is 6.10 Å². The lowest BCUT2D eigenvalue weighted by molar-refractivity contribution is 0.0106. The average molecular weight is 484 g/mol. The molecule has 178 valence electrons. The Morgan fingerprint density at radius 2 is 1.54 bits per heavy atom. The summed E-state index contributed by atoms with van der Waals surface area (Å²) in [4.78, 5) is 0.414. The molecule has 0 bridgehead atoms. The molecule has 0 amide bonds. The summed E-state index contributed by atoms with van der Waals surface area (Å²) in [6.45, 7) is 2.36. The number of ether oxygens (including phenoxy) is 1. The van der Waals surface area contributed by atoms with Crippen LogP contribution in [0, 0.1) is 0 Å². The van der Waals surface area contributed by atoms with Gasteiger partial charge in [0.2, 0.25) is 10.3 Å². The van der Waals surface area contributed by atoms with Crippen LogP contribution in [0.2, 0.25) is 0 Å². The molecule has 0 aliphatic carbocycles. The topological polar surface area (TPSA) is 55.4 Å². The van der Waals surface area contributed by atoms with Gasteiger partial charge in [0.05, 0.1) is 17.6 Å². The van der Waals surface area contributed by atoms with Crippen LogP contribution in [0.1, 0.15) is 34.6 Å². The molecule has 2 atom stereocenters. The van der Waals surface area contributed by atoms with Crippen molar-refractivity contribution in [1.29, 1.82) is 0 Å². The van der Waals surface area contributed by atoms with Gasteiger partial charge in [0, 0.05) is 18.9 Å². The molecule has 0 spiro atoms. The minimum absolute atomic E-state index is 0.0849. The number of benzene rings is 4. The fraction of sp³-hybridized carbons (Fsp3) is 0.233. The molecule has 0 radical (unpaired) electrons. The highest BCUT2D eigenvalue weighted by molar-refractivity contribution is 7.73. The number of hydrogen-bond donors (Lipinski definition) is 1. The zero-order valence-corrected chi connectivity index (χ0v) is 20.4. The highest BCUT2D eigenvalue weighted by Crippen LogP contribution is 2.29. The normalized spacial score (nSPS) is 17.8. The van der Waals surface area contributed by atoms with Crippen molar-refractivity contribution in [3.05, 3.63) is 119 Å². The van der Waals surface area contributed by atoms with E-state index in [9.17, 15) is 8.42 Å². The quantitative estimate of drug-likeness (QED) is 0.292. The molecule has 4 nitrogen and oxygen atoms in total. The van der Waals surface area contributed by atoms with E-state index < -0.39 is 10.3 Å². The molecular formula is C30H29NO3S. The summed E-state index contributed by atoms with van der Waals surface area (Å²) in [5.74, 6) is 0.303. The molecule has 1 N–H and O–H groups in total. The maximum absolute atomic E-state index is 11.9. The molecule has 1 heterocycles. The van der Waals surface area contributed by atoms with E-state index in [1.165, 1.54) is 21.9 Å². The maximum atomic E-state index is 11.9. The van der Waals surface area contributed by atoms with E-state index >= 15 is 0 Å². The van der Waals surface area contributed by atoms with Gasteiger partial charge < -0.3 is 10.1 Å². The maximum Gasteiger partial charge on any atom is 0.218 e. The predicted molar refractivity (Wildman–Crippen MR) is 142 cm³/mol. The zero-order valence-electron chi connectivity index (χ0n) is 19.6. The number of piperidine rings is 1. The number of rotatable bonds is 7. The van der Waals surface area contributed by atoms with Crippen LogP contribution in [0.3, 0.4) is 0 Å². The van der Waals surface area contributed by atoms with Gasteiger partial charge in [-0.2, -0.15) is 8.42 Å². The fourth-order valence-electron chi connectivity index (χ4n) is 4.87. The van der Waals surface area contributed by atoms with E-state index in [1.807, 2.05) is 42.5 Å². The van der Waals surface area contributed by atoms with Crippen LogP contribution in [0.15, 0.2) is 97.1 Å². The van der Waals surface area contributed by atoms with Crippen LogP contribution in [0.4, 0.5) is 0 Å². The predicted octanol–water partition coefficient (Wildman–Crippen LogP) is 5.14. The first kappa shape index (κ1) is 23.5. The Hall–Kier alpha value is -3.25. The highest BCUT2D eigenvalue weighted by atomic mass is 32.2. The van der Waals surface area contributed by atoms with Crippen LogP contribution in [-0.4, -0.2) is 32.5 Å². The second-order valence-electron chi connectivity index (χ2n) is 9.07. The smallest absolute Gasteiger partial charge is 0.218 e. The molecule has 2 unspecified atom stereocenters. The summed E-state index contributed by atoms with van der Waals surface area (Å²) in [6.07, 6.45) is 1.48. The minimum Gasteiger partial charge on any atom is -0.372 e. The largest absolute Gasteiger partial charge is 0.372 e. The van der Waals surface area contributed by atoms with Gasteiger partial charge in [0.1, 0.15) is 0 Å². The van der Waals surface area contributed by atoms with Gasteiger partial charge in [-0.3, -0.25) is 0 Å². The molecule has 0 aromatic heterocycles. The first-order valence-electron chi connectivity index (χ1n) is 12.1. The van der Waals surface area contributed by atoms with Crippen molar-refractivity contribution in [3.8, 4) is 0 Å². The molecule has 0 saturated carbocycles. The van der Waals surface area contributed by atoms with Gasteiger partial charge in [-0.05, 0) is 52.1 Å². The second-order valence-corrected chi connectivity index (χ2v) is 10.0. The van der Waals surface area contributed by atoms with Gasteiger partial charge in [0.25, 0.3) is 0 Å². The summed E-state index contributed by atoms with van der Waals surface area (Å²) < 4.78 is 30.1. The van der Waals surface area contributed by atoms with Crippen molar-refractivity contribution < 1.29 is 13.2 Å². The Balaban J connectivity index is 1.28. The van der Waals surface area contributed by atoms with E-state index in [4.69, 9.17) is 4.74 Å². The summed E-state index contributed by atoms with van der Waals surface area (Å²) >= 11 is 0. The van der Waals surface area contributed by atoms with E-state index in [1.54, 1.807) is 0 Å². The third kappa shape index (κ3) is 5.70. The van der Waals surface area contributed by atoms with E-state index in [0.717, 1.165) is 30.6 Å². The monoisotopic (exact) mass is 483 g/mol. The van der Waals surface area contributed by atoms with Gasteiger partial charge in [-0.15, -0.1) is 0 Å². The summed E-state index contributed by atoms with van der Waals surface area (Å²) in [6, 6.07) is 32.5. The fourth-order valence-corrected chi connectivity index (χ4v) is 5.48. The van der Waals surface area contributed by atoms with Crippen molar-refractivity contribution in [2.75, 3.05) is 13.1 Å². The van der Waals surface area contributed by atoms with Gasteiger partial charge in [-0.25, -0.2) is 0 Å². The summed E-state index contributed by atoms with van der Waals surface area (Å²) in [5, 5.41) is 5.94. The molecule has 1 aliphatic rings. The second kappa shape index (κ2) is 11.0. The van der Waals surface area contributed by atoms with Crippen molar-refractivity contribution >= 4 is 25.9 Å². The molecule has 1 saturated heterocycles. The Bertz CT molecular complexity index is 1420. The van der Waals surface area contributed by atoms with Crippen LogP contribution in [-0.2, 0) is 28.1 Å². The van der Waals surface area contributed by atoms with Crippen LogP contribution in [0.5, 0.6) is 0 Å². The van der Waals surface area contributed by atoms with Crippen LogP contribution < -0.4 is 5.32 Å². The third-order valence-electron chi connectivity index (χ3n) is 6.77. The van der Waals surface area contributed by atoms with Crippen LogP contribution in [0.25, 0.3) is 10.8 Å².